The van der Waals surface area contributed by atoms with Gasteiger partial charge in [0.15, 0.2) is 11.8 Å². The average Bonchev–Trinajstić information content (AvgIpc) is 3.15. The topological polar surface area (TPSA) is 43.2 Å². The highest BCUT2D eigenvalue weighted by Crippen LogP contribution is 2.39. The Kier molecular flexibility index (Phi) is 3.98. The molecule has 3 unspecified atom stereocenters. The molecule has 4 atom stereocenters. The van der Waals surface area contributed by atoms with Gasteiger partial charge < -0.3 is 9.47 Å². The van der Waals surface area contributed by atoms with E-state index in [1.54, 1.807) is 0 Å². The zero-order chi connectivity index (χ0) is 15.0. The van der Waals surface area contributed by atoms with Crippen molar-refractivity contribution in [2.45, 2.75) is 65.5 Å². The van der Waals surface area contributed by atoms with Crippen molar-refractivity contribution in [1.29, 1.82) is 0 Å². The zero-order valence-electron chi connectivity index (χ0n) is 13.8. The molecule has 0 amide bonds. The zero-order valence-corrected chi connectivity index (χ0v) is 13.8. The summed E-state index contributed by atoms with van der Waals surface area (Å²) in [5.74, 6) is 2.91. The Bertz CT molecular complexity index is 416. The number of fused-ring (bicyclic) bond motifs is 2. The van der Waals surface area contributed by atoms with Crippen LogP contribution in [-0.4, -0.2) is 37.1 Å². The van der Waals surface area contributed by atoms with Gasteiger partial charge in [-0.25, -0.2) is 9.98 Å². The maximum absolute atomic E-state index is 6.02. The second-order valence-corrected chi connectivity index (χ2v) is 6.95. The Morgan fingerprint density at radius 3 is 1.71 bits per heavy atom. The molecule has 3 rings (SSSR count). The number of rotatable bonds is 2. The van der Waals surface area contributed by atoms with Gasteiger partial charge in [-0.1, -0.05) is 27.7 Å². The highest BCUT2D eigenvalue weighted by Gasteiger charge is 2.47. The van der Waals surface area contributed by atoms with E-state index in [1.807, 2.05) is 0 Å². The van der Waals surface area contributed by atoms with Gasteiger partial charge >= 0.3 is 0 Å². The van der Waals surface area contributed by atoms with Gasteiger partial charge in [0.25, 0.3) is 0 Å². The van der Waals surface area contributed by atoms with Crippen molar-refractivity contribution < 1.29 is 9.47 Å². The van der Waals surface area contributed by atoms with Gasteiger partial charge in [0.05, 0.1) is 12.1 Å². The second kappa shape index (κ2) is 5.62. The monoisotopic (exact) mass is 292 g/mol. The first-order valence-electron chi connectivity index (χ1n) is 8.52. The summed E-state index contributed by atoms with van der Waals surface area (Å²) >= 11 is 0. The van der Waals surface area contributed by atoms with E-state index in [0.29, 0.717) is 23.9 Å². The molecular formula is C17H28N2O2. The minimum Gasteiger partial charge on any atom is -0.478 e. The highest BCUT2D eigenvalue weighted by molar-refractivity contribution is 6.06. The summed E-state index contributed by atoms with van der Waals surface area (Å²) in [6.07, 6.45) is 4.25. The number of ether oxygens (including phenoxy) is 2. The molecule has 4 nitrogen and oxygen atoms in total. The maximum atomic E-state index is 6.02. The van der Waals surface area contributed by atoms with E-state index < -0.39 is 0 Å². The van der Waals surface area contributed by atoms with Gasteiger partial charge in [-0.3, -0.25) is 0 Å². The normalized spacial score (nSPS) is 37.9. The molecule has 0 aromatic heterocycles. The molecule has 3 aliphatic rings. The molecule has 21 heavy (non-hydrogen) atoms. The molecular weight excluding hydrogens is 264 g/mol. The average molecular weight is 292 g/mol. The minimum atomic E-state index is -0.243. The van der Waals surface area contributed by atoms with Crippen LogP contribution in [-0.2, 0) is 9.47 Å². The van der Waals surface area contributed by atoms with Crippen molar-refractivity contribution in [2.24, 2.45) is 27.2 Å². The van der Waals surface area contributed by atoms with Crippen molar-refractivity contribution >= 4 is 11.8 Å². The Labute approximate surface area is 128 Å². The molecule has 4 bridgehead atoms. The predicted octanol–water partition coefficient (Wildman–Crippen LogP) is 3.45. The lowest BCUT2D eigenvalue weighted by Gasteiger charge is -2.29. The lowest BCUT2D eigenvalue weighted by atomic mass is 9.81. The van der Waals surface area contributed by atoms with Gasteiger partial charge in [0.2, 0.25) is 0 Å². The molecule has 0 fully saturated rings. The van der Waals surface area contributed by atoms with Crippen LogP contribution >= 0.6 is 0 Å². The van der Waals surface area contributed by atoms with Crippen LogP contribution in [0.4, 0.5) is 0 Å². The molecule has 3 heterocycles. The smallest absolute Gasteiger partial charge is 0.199 e. The standard InChI is InChI=1S/C17H28N2O2/c1-5-17(6-2)15-18-13(9-20-15)11(3)7-8-12(4)14-10-21-16(17)19-14/h11-14H,5-10H2,1-4H3/t11?,12?,13-,14?/m1/s1. The summed E-state index contributed by atoms with van der Waals surface area (Å²) in [5.41, 5.74) is -0.243. The summed E-state index contributed by atoms with van der Waals surface area (Å²) in [6.45, 7) is 10.4. The fourth-order valence-corrected chi connectivity index (χ4v) is 3.74. The molecule has 4 heteroatoms. The Hall–Kier alpha value is -1.06. The van der Waals surface area contributed by atoms with E-state index in [2.05, 4.69) is 27.7 Å². The first kappa shape index (κ1) is 14.9. The quantitative estimate of drug-likeness (QED) is 0.782. The minimum absolute atomic E-state index is 0.243. The molecule has 0 aliphatic carbocycles. The van der Waals surface area contributed by atoms with Crippen LogP contribution in [0.2, 0.25) is 0 Å². The second-order valence-electron chi connectivity index (χ2n) is 6.95. The molecule has 0 saturated heterocycles. The highest BCUT2D eigenvalue weighted by atomic mass is 16.5. The van der Waals surface area contributed by atoms with Crippen LogP contribution in [0.3, 0.4) is 0 Å². The van der Waals surface area contributed by atoms with Gasteiger partial charge in [-0.2, -0.15) is 0 Å². The first-order chi connectivity index (χ1) is 10.1. The molecule has 0 aromatic rings. The van der Waals surface area contributed by atoms with Gasteiger partial charge in [0, 0.05) is 0 Å². The van der Waals surface area contributed by atoms with E-state index in [1.165, 1.54) is 12.8 Å². The summed E-state index contributed by atoms with van der Waals surface area (Å²) in [7, 11) is 0. The molecule has 0 spiro atoms. The molecule has 0 radical (unpaired) electrons. The molecule has 0 N–H and O–H groups in total. The van der Waals surface area contributed by atoms with E-state index in [-0.39, 0.29) is 5.41 Å². The molecule has 118 valence electrons. The van der Waals surface area contributed by atoms with E-state index in [4.69, 9.17) is 19.5 Å². The van der Waals surface area contributed by atoms with Crippen molar-refractivity contribution in [2.75, 3.05) is 13.2 Å². The molecule has 0 aromatic carbocycles. The summed E-state index contributed by atoms with van der Waals surface area (Å²) in [5, 5.41) is 0. The number of hydrogen-bond acceptors (Lipinski definition) is 4. The Balaban J connectivity index is 2.02. The fourth-order valence-electron chi connectivity index (χ4n) is 3.74. The van der Waals surface area contributed by atoms with Crippen LogP contribution in [0.1, 0.15) is 53.4 Å². The molecule has 0 saturated carbocycles. The van der Waals surface area contributed by atoms with Gasteiger partial charge in [0.1, 0.15) is 18.6 Å². The van der Waals surface area contributed by atoms with E-state index >= 15 is 0 Å². The Morgan fingerprint density at radius 1 is 0.905 bits per heavy atom. The maximum Gasteiger partial charge on any atom is 0.199 e. The van der Waals surface area contributed by atoms with Crippen molar-refractivity contribution in [3.8, 4) is 0 Å². The fraction of sp³-hybridized carbons (Fsp3) is 0.882. The van der Waals surface area contributed by atoms with Crippen LogP contribution in [0.15, 0.2) is 9.98 Å². The third kappa shape index (κ3) is 2.36. The number of nitrogens with zero attached hydrogens (tertiary/aromatic N) is 2. The predicted molar refractivity (Wildman–Crippen MR) is 84.9 cm³/mol. The van der Waals surface area contributed by atoms with Crippen LogP contribution in [0.25, 0.3) is 0 Å². The van der Waals surface area contributed by atoms with Crippen molar-refractivity contribution in [3.63, 3.8) is 0 Å². The van der Waals surface area contributed by atoms with Crippen molar-refractivity contribution in [1.82, 2.24) is 0 Å². The van der Waals surface area contributed by atoms with Crippen molar-refractivity contribution in [3.05, 3.63) is 0 Å². The van der Waals surface area contributed by atoms with Crippen LogP contribution in [0, 0.1) is 17.3 Å². The summed E-state index contributed by atoms with van der Waals surface area (Å²) < 4.78 is 12.0. The van der Waals surface area contributed by atoms with Gasteiger partial charge in [-0.05, 0) is 37.5 Å². The third-order valence-corrected chi connectivity index (χ3v) is 5.76. The Morgan fingerprint density at radius 2 is 1.33 bits per heavy atom. The SMILES string of the molecule is CCC1(CC)C2=NC(CO2)C(C)CCC(C)[C@H]2COC1=N2. The van der Waals surface area contributed by atoms with E-state index in [0.717, 1.165) is 37.9 Å². The summed E-state index contributed by atoms with van der Waals surface area (Å²) in [4.78, 5) is 9.88. The number of hydrogen-bond donors (Lipinski definition) is 0. The molecule has 3 aliphatic heterocycles. The van der Waals surface area contributed by atoms with Crippen LogP contribution in [0.5, 0.6) is 0 Å². The van der Waals surface area contributed by atoms with Crippen LogP contribution < -0.4 is 0 Å². The van der Waals surface area contributed by atoms with Gasteiger partial charge in [-0.15, -0.1) is 0 Å². The lowest BCUT2D eigenvalue weighted by molar-refractivity contribution is 0.237. The largest absolute Gasteiger partial charge is 0.478 e. The summed E-state index contributed by atoms with van der Waals surface area (Å²) in [6, 6.07) is 0.615. The van der Waals surface area contributed by atoms with E-state index in [9.17, 15) is 0 Å². The third-order valence-electron chi connectivity index (χ3n) is 5.76. The lowest BCUT2D eigenvalue weighted by Crippen LogP contribution is -2.39. The number of aliphatic imine (C=N–C) groups is 2. The first-order valence-corrected chi connectivity index (χ1v) is 8.52.